The van der Waals surface area contributed by atoms with Crippen molar-refractivity contribution in [3.63, 3.8) is 0 Å². The van der Waals surface area contributed by atoms with Crippen LogP contribution in [0.25, 0.3) is 0 Å². The van der Waals surface area contributed by atoms with Crippen LogP contribution in [0.1, 0.15) is 13.3 Å². The van der Waals surface area contributed by atoms with Gasteiger partial charge in [-0.1, -0.05) is 6.92 Å². The highest BCUT2D eigenvalue weighted by Crippen LogP contribution is 1.77. The second kappa shape index (κ2) is 19.1. The minimum atomic E-state index is -1.50. The van der Waals surface area contributed by atoms with Gasteiger partial charge in [-0.2, -0.15) is 0 Å². The maximum absolute atomic E-state index is 8.36. The maximum atomic E-state index is 8.36. The average molecular weight is 265 g/mol. The molecule has 0 bridgehead atoms. The molecule has 0 radical (unpaired) electrons. The van der Waals surface area contributed by atoms with Crippen LogP contribution in [0, 0.1) is 30.3 Å². The molecular formula is C3H11N3O11. The Bertz CT molecular complexity index is 164. The van der Waals surface area contributed by atoms with E-state index in [1.807, 2.05) is 0 Å². The van der Waals surface area contributed by atoms with Gasteiger partial charge in [0.05, 0.1) is 0 Å². The first-order valence-corrected chi connectivity index (χ1v) is 3.33. The second-order valence-corrected chi connectivity index (χ2v) is 1.60. The van der Waals surface area contributed by atoms with Gasteiger partial charge in [-0.3, -0.25) is 0 Å². The summed E-state index contributed by atoms with van der Waals surface area (Å²) >= 11 is 0. The van der Waals surface area contributed by atoms with Gasteiger partial charge in [0.2, 0.25) is 0 Å². The fraction of sp³-hybridized carbons (Fsp3) is 1.00. The van der Waals surface area contributed by atoms with Gasteiger partial charge >= 0.3 is 0 Å². The summed E-state index contributed by atoms with van der Waals surface area (Å²) in [6, 6.07) is 0. The molecule has 0 amide bonds. The minimum absolute atomic E-state index is 0.417. The van der Waals surface area contributed by atoms with E-state index in [0.717, 1.165) is 0 Å². The Morgan fingerprint density at radius 1 is 0.882 bits per heavy atom. The zero-order valence-electron chi connectivity index (χ0n) is 8.31. The highest BCUT2D eigenvalue weighted by atomic mass is 16.9. The molecule has 5 N–H and O–H groups in total. The molecule has 0 fully saturated rings. The summed E-state index contributed by atoms with van der Waals surface area (Å²) in [5.41, 5.74) is 0. The van der Waals surface area contributed by atoms with Gasteiger partial charge < -0.3 is 25.8 Å². The topological polar surface area (TPSA) is 231 Å². The van der Waals surface area contributed by atoms with Crippen molar-refractivity contribution in [2.45, 2.75) is 19.6 Å². The Morgan fingerprint density at radius 3 is 0.941 bits per heavy atom. The molecule has 0 aromatic heterocycles. The van der Waals surface area contributed by atoms with Gasteiger partial charge in [-0.25, -0.2) is 0 Å². The van der Waals surface area contributed by atoms with E-state index in [4.69, 9.17) is 56.2 Å². The lowest BCUT2D eigenvalue weighted by Crippen LogP contribution is -1.99. The average Bonchev–Trinajstić information content (AvgIpc) is 2.00. The number of hydrogen-bond donors (Lipinski definition) is 5. The summed E-state index contributed by atoms with van der Waals surface area (Å²) in [6.07, 6.45) is -0.699. The molecule has 0 aliphatic heterocycles. The van der Waals surface area contributed by atoms with Gasteiger partial charge in [-0.05, 0) is 6.42 Å². The van der Waals surface area contributed by atoms with Gasteiger partial charge in [0.15, 0.2) is 6.29 Å². The van der Waals surface area contributed by atoms with E-state index in [1.165, 1.54) is 0 Å². The number of aliphatic hydroxyl groups is 2. The predicted molar refractivity (Wildman–Crippen MR) is 44.9 cm³/mol. The van der Waals surface area contributed by atoms with Crippen LogP contribution in [0.5, 0.6) is 0 Å². The molecule has 104 valence electrons. The Kier molecular flexibility index (Phi) is 27.0. The molecule has 0 spiro atoms. The van der Waals surface area contributed by atoms with Crippen molar-refractivity contribution < 1.29 is 41.1 Å². The Balaban J connectivity index is -0.0000000667. The van der Waals surface area contributed by atoms with Crippen LogP contribution in [-0.4, -0.2) is 47.4 Å². The minimum Gasteiger partial charge on any atom is -0.368 e. The van der Waals surface area contributed by atoms with Gasteiger partial charge in [0.25, 0.3) is 15.3 Å². The molecule has 0 rings (SSSR count). The van der Waals surface area contributed by atoms with Crippen LogP contribution in [-0.2, 0) is 0 Å². The van der Waals surface area contributed by atoms with Crippen LogP contribution < -0.4 is 0 Å². The van der Waals surface area contributed by atoms with E-state index in [2.05, 4.69) is 0 Å². The molecule has 14 heteroatoms. The summed E-state index contributed by atoms with van der Waals surface area (Å²) in [5.74, 6) is 0. The Hall–Kier alpha value is -2.48. The van der Waals surface area contributed by atoms with Crippen LogP contribution >= 0.6 is 0 Å². The van der Waals surface area contributed by atoms with Crippen molar-refractivity contribution in [1.82, 2.24) is 0 Å². The van der Waals surface area contributed by atoms with E-state index >= 15 is 0 Å². The molecule has 0 saturated heterocycles. The molecule has 0 atom stereocenters. The van der Waals surface area contributed by atoms with E-state index in [0.29, 0.717) is 6.42 Å². The van der Waals surface area contributed by atoms with Crippen molar-refractivity contribution in [1.29, 1.82) is 0 Å². The van der Waals surface area contributed by atoms with Gasteiger partial charge in [0, 0.05) is 0 Å². The van der Waals surface area contributed by atoms with Crippen molar-refractivity contribution in [2.75, 3.05) is 0 Å². The highest BCUT2D eigenvalue weighted by Gasteiger charge is 1.83. The van der Waals surface area contributed by atoms with E-state index < -0.39 is 21.5 Å². The summed E-state index contributed by atoms with van der Waals surface area (Å²) in [5, 5.41) is 56.7. The zero-order chi connectivity index (χ0) is 15.0. The van der Waals surface area contributed by atoms with Crippen LogP contribution in [0.15, 0.2) is 0 Å². The molecule has 0 heterocycles. The van der Waals surface area contributed by atoms with Crippen molar-refractivity contribution in [3.05, 3.63) is 30.3 Å². The SMILES string of the molecule is CCC(O)O.O=[N+]([O-])O.O=[N+]([O-])O.O=[N+]([O-])O. The monoisotopic (exact) mass is 265 g/mol. The normalized spacial score (nSPS) is 7.06. The first-order valence-electron chi connectivity index (χ1n) is 3.33. The molecule has 0 aliphatic rings. The molecule has 0 aromatic carbocycles. The number of aliphatic hydroxyl groups excluding tert-OH is 1. The largest absolute Gasteiger partial charge is 0.368 e. The maximum Gasteiger partial charge on any atom is 0.291 e. The Labute approximate surface area is 92.3 Å². The number of nitrogens with zero attached hydrogens (tertiary/aromatic N) is 3. The molecular weight excluding hydrogens is 254 g/mol. The number of hydrogen-bond acceptors (Lipinski definition) is 8. The second-order valence-electron chi connectivity index (χ2n) is 1.60. The lowest BCUT2D eigenvalue weighted by atomic mass is 10.5. The lowest BCUT2D eigenvalue weighted by Gasteiger charge is -1.90. The summed E-state index contributed by atoms with van der Waals surface area (Å²) in [4.78, 5) is 25.1. The molecule has 0 saturated carbocycles. The lowest BCUT2D eigenvalue weighted by molar-refractivity contribution is -0.742. The van der Waals surface area contributed by atoms with Crippen molar-refractivity contribution in [2.24, 2.45) is 0 Å². The van der Waals surface area contributed by atoms with Gasteiger partial charge in [-0.15, -0.1) is 30.3 Å². The number of rotatable bonds is 1. The molecule has 0 unspecified atom stereocenters. The highest BCUT2D eigenvalue weighted by molar-refractivity contribution is 4.21. The third-order valence-electron chi connectivity index (χ3n) is 0.365. The summed E-state index contributed by atoms with van der Waals surface area (Å²) in [7, 11) is 0. The van der Waals surface area contributed by atoms with E-state index in [-0.39, 0.29) is 0 Å². The molecule has 0 aliphatic carbocycles. The van der Waals surface area contributed by atoms with E-state index in [9.17, 15) is 0 Å². The molecule has 17 heavy (non-hydrogen) atoms. The third-order valence-corrected chi connectivity index (χ3v) is 0.365. The van der Waals surface area contributed by atoms with E-state index in [1.54, 1.807) is 6.92 Å². The summed E-state index contributed by atoms with van der Waals surface area (Å²) < 4.78 is 0. The smallest absolute Gasteiger partial charge is 0.291 e. The molecule has 0 aromatic rings. The summed E-state index contributed by atoms with van der Waals surface area (Å²) in [6.45, 7) is 1.70. The Morgan fingerprint density at radius 2 is 0.941 bits per heavy atom. The fourth-order valence-electron chi connectivity index (χ4n) is 0. The van der Waals surface area contributed by atoms with Gasteiger partial charge in [0.1, 0.15) is 0 Å². The molecule has 14 nitrogen and oxygen atoms in total. The fourth-order valence-corrected chi connectivity index (χ4v) is 0. The van der Waals surface area contributed by atoms with Crippen LogP contribution in [0.4, 0.5) is 0 Å². The third kappa shape index (κ3) is 7790. The predicted octanol–water partition coefficient (Wildman–Crippen LogP) is -1.34. The first kappa shape index (κ1) is 24.0. The van der Waals surface area contributed by atoms with Crippen molar-refractivity contribution in [3.8, 4) is 0 Å². The standard InChI is InChI=1S/C3H8O2.3HNO3/c1-2-3(4)5;3*2-1(3)4/h3-5H,2H2,1H3;3*(H,2,3,4). The van der Waals surface area contributed by atoms with Crippen molar-refractivity contribution >= 4 is 0 Å². The quantitative estimate of drug-likeness (QED) is 0.211. The zero-order valence-corrected chi connectivity index (χ0v) is 8.31. The first-order chi connectivity index (χ1) is 7.47. The van der Waals surface area contributed by atoms with Crippen LogP contribution in [0.3, 0.4) is 0 Å². The van der Waals surface area contributed by atoms with Crippen LogP contribution in [0.2, 0.25) is 0 Å².